The van der Waals surface area contributed by atoms with Crippen LogP contribution in [-0.2, 0) is 0 Å². The summed E-state index contributed by atoms with van der Waals surface area (Å²) in [5, 5.41) is 20.6. The van der Waals surface area contributed by atoms with Crippen molar-refractivity contribution in [3.63, 3.8) is 0 Å². The summed E-state index contributed by atoms with van der Waals surface area (Å²) < 4.78 is 5.71. The number of hydrogen-bond donors (Lipinski definition) is 2. The molecule has 0 spiro atoms. The van der Waals surface area contributed by atoms with Gasteiger partial charge in [-0.25, -0.2) is 0 Å². The lowest BCUT2D eigenvalue weighted by atomic mass is 9.79. The Labute approximate surface area is 98.4 Å². The van der Waals surface area contributed by atoms with Gasteiger partial charge < -0.3 is 14.5 Å². The fourth-order valence-electron chi connectivity index (χ4n) is 2.25. The van der Waals surface area contributed by atoms with E-state index in [-0.39, 0.29) is 0 Å². The maximum atomic E-state index is 9.31. The maximum Gasteiger partial charge on any atom is 0.492 e. The summed E-state index contributed by atoms with van der Waals surface area (Å²) in [6.07, 6.45) is 0. The third-order valence-corrected chi connectivity index (χ3v) is 3.04. The minimum absolute atomic E-state index is 0.401. The van der Waals surface area contributed by atoms with E-state index in [9.17, 15) is 10.0 Å². The van der Waals surface area contributed by atoms with Crippen LogP contribution in [0.15, 0.2) is 40.8 Å². The number of fused-ring (bicyclic) bond motifs is 3. The van der Waals surface area contributed by atoms with Crippen LogP contribution in [0.2, 0.25) is 0 Å². The second-order valence-corrected chi connectivity index (χ2v) is 4.15. The Hall–Kier alpha value is -1.78. The van der Waals surface area contributed by atoms with Gasteiger partial charge in [-0.3, -0.25) is 0 Å². The van der Waals surface area contributed by atoms with Gasteiger partial charge in [-0.15, -0.1) is 0 Å². The highest BCUT2D eigenvalue weighted by molar-refractivity contribution is 6.61. The quantitative estimate of drug-likeness (QED) is 0.619. The van der Waals surface area contributed by atoms with E-state index in [0.717, 1.165) is 21.9 Å². The van der Waals surface area contributed by atoms with Crippen molar-refractivity contribution in [2.45, 2.75) is 6.92 Å². The van der Waals surface area contributed by atoms with E-state index in [4.69, 9.17) is 4.42 Å². The average Bonchev–Trinajstić information content (AvgIpc) is 2.67. The second kappa shape index (κ2) is 3.62. The molecule has 17 heavy (non-hydrogen) atoms. The van der Waals surface area contributed by atoms with E-state index in [0.29, 0.717) is 11.0 Å². The molecular weight excluding hydrogens is 215 g/mol. The Morgan fingerprint density at radius 2 is 1.82 bits per heavy atom. The number of aryl methyl sites for hydroxylation is 1. The van der Waals surface area contributed by atoms with E-state index >= 15 is 0 Å². The molecule has 0 atom stereocenters. The third kappa shape index (κ3) is 1.45. The van der Waals surface area contributed by atoms with Crippen LogP contribution in [-0.4, -0.2) is 17.2 Å². The molecule has 0 aliphatic carbocycles. The van der Waals surface area contributed by atoms with Crippen LogP contribution in [0.5, 0.6) is 0 Å². The van der Waals surface area contributed by atoms with Gasteiger partial charge in [-0.1, -0.05) is 30.3 Å². The summed E-state index contributed by atoms with van der Waals surface area (Å²) in [5.41, 5.74) is 2.84. The van der Waals surface area contributed by atoms with Crippen LogP contribution in [0.3, 0.4) is 0 Å². The lowest BCUT2D eigenvalue weighted by Crippen LogP contribution is -2.29. The van der Waals surface area contributed by atoms with Crippen LogP contribution in [0, 0.1) is 6.92 Å². The summed E-state index contributed by atoms with van der Waals surface area (Å²) in [4.78, 5) is 0. The largest absolute Gasteiger partial charge is 0.492 e. The first-order valence-corrected chi connectivity index (χ1v) is 5.45. The van der Waals surface area contributed by atoms with Crippen molar-refractivity contribution >= 4 is 34.5 Å². The predicted molar refractivity (Wildman–Crippen MR) is 68.3 cm³/mol. The molecule has 3 aromatic rings. The fourth-order valence-corrected chi connectivity index (χ4v) is 2.25. The minimum Gasteiger partial charge on any atom is -0.456 e. The molecule has 3 nitrogen and oxygen atoms in total. The van der Waals surface area contributed by atoms with Crippen molar-refractivity contribution in [2.75, 3.05) is 0 Å². The Kier molecular flexibility index (Phi) is 2.21. The molecule has 4 heteroatoms. The van der Waals surface area contributed by atoms with Crippen LogP contribution >= 0.6 is 0 Å². The van der Waals surface area contributed by atoms with Crippen LogP contribution in [0.25, 0.3) is 21.9 Å². The van der Waals surface area contributed by atoms with E-state index < -0.39 is 7.12 Å². The Bertz CT molecular complexity index is 700. The van der Waals surface area contributed by atoms with E-state index in [1.54, 1.807) is 12.1 Å². The van der Waals surface area contributed by atoms with Crippen LogP contribution in [0.1, 0.15) is 5.56 Å². The SMILES string of the molecule is Cc1cccc2oc3c(B(O)O)cccc3c12. The summed E-state index contributed by atoms with van der Waals surface area (Å²) in [6.45, 7) is 2.01. The first-order chi connectivity index (χ1) is 8.18. The van der Waals surface area contributed by atoms with E-state index in [1.165, 1.54) is 0 Å². The average molecular weight is 226 g/mol. The number of benzene rings is 2. The van der Waals surface area contributed by atoms with Gasteiger partial charge in [0.05, 0.1) is 0 Å². The van der Waals surface area contributed by atoms with Crippen molar-refractivity contribution in [1.29, 1.82) is 0 Å². The lowest BCUT2D eigenvalue weighted by molar-refractivity contribution is 0.425. The van der Waals surface area contributed by atoms with Gasteiger partial charge >= 0.3 is 7.12 Å². The molecule has 0 radical (unpaired) electrons. The van der Waals surface area contributed by atoms with Gasteiger partial charge in [0, 0.05) is 16.2 Å². The Morgan fingerprint density at radius 1 is 1.06 bits per heavy atom. The van der Waals surface area contributed by atoms with Gasteiger partial charge in [0.2, 0.25) is 0 Å². The smallest absolute Gasteiger partial charge is 0.456 e. The summed E-state index contributed by atoms with van der Waals surface area (Å²) in [7, 11) is -1.51. The number of furan rings is 1. The molecule has 0 unspecified atom stereocenters. The van der Waals surface area contributed by atoms with Crippen molar-refractivity contribution in [3.05, 3.63) is 42.0 Å². The Balaban J connectivity index is 2.52. The second-order valence-electron chi connectivity index (χ2n) is 4.15. The zero-order chi connectivity index (χ0) is 12.0. The molecule has 0 saturated heterocycles. The molecular formula is C13H11BO3. The molecule has 0 aliphatic rings. The molecule has 1 aromatic heterocycles. The molecule has 2 aromatic carbocycles. The summed E-state index contributed by atoms with van der Waals surface area (Å²) in [6, 6.07) is 11.2. The first kappa shape index (κ1) is 10.4. The first-order valence-electron chi connectivity index (χ1n) is 5.45. The molecule has 3 rings (SSSR count). The fraction of sp³-hybridized carbons (Fsp3) is 0.0769. The van der Waals surface area contributed by atoms with Crippen LogP contribution < -0.4 is 5.46 Å². The van der Waals surface area contributed by atoms with Crippen molar-refractivity contribution in [1.82, 2.24) is 0 Å². The van der Waals surface area contributed by atoms with E-state index in [1.807, 2.05) is 31.2 Å². The number of hydrogen-bond acceptors (Lipinski definition) is 3. The van der Waals surface area contributed by atoms with Gasteiger partial charge in [0.15, 0.2) is 0 Å². The summed E-state index contributed by atoms with van der Waals surface area (Å²) >= 11 is 0. The zero-order valence-electron chi connectivity index (χ0n) is 9.34. The third-order valence-electron chi connectivity index (χ3n) is 3.04. The van der Waals surface area contributed by atoms with Crippen molar-refractivity contribution in [2.24, 2.45) is 0 Å². The molecule has 0 saturated carbocycles. The standard InChI is InChI=1S/C13H11BO3/c1-8-4-2-7-11-12(8)9-5-3-6-10(14(15)16)13(9)17-11/h2-7,15-16H,1H3. The zero-order valence-corrected chi connectivity index (χ0v) is 9.34. The molecule has 2 N–H and O–H groups in total. The molecule has 0 amide bonds. The molecule has 0 bridgehead atoms. The molecule has 1 heterocycles. The normalized spacial score (nSPS) is 11.2. The van der Waals surface area contributed by atoms with Crippen molar-refractivity contribution in [3.8, 4) is 0 Å². The van der Waals surface area contributed by atoms with Gasteiger partial charge in [-0.05, 0) is 18.6 Å². The molecule has 0 aliphatic heterocycles. The highest BCUT2D eigenvalue weighted by atomic mass is 16.4. The van der Waals surface area contributed by atoms with Gasteiger partial charge in [0.25, 0.3) is 0 Å². The summed E-state index contributed by atoms with van der Waals surface area (Å²) in [5.74, 6) is 0. The highest BCUT2D eigenvalue weighted by Gasteiger charge is 2.19. The molecule has 0 fully saturated rings. The topological polar surface area (TPSA) is 53.6 Å². The lowest BCUT2D eigenvalue weighted by Gasteiger charge is -1.99. The van der Waals surface area contributed by atoms with Crippen molar-refractivity contribution < 1.29 is 14.5 Å². The number of para-hydroxylation sites is 1. The monoisotopic (exact) mass is 226 g/mol. The predicted octanol–water partition coefficient (Wildman–Crippen LogP) is 1.57. The van der Waals surface area contributed by atoms with Gasteiger partial charge in [0.1, 0.15) is 11.2 Å². The minimum atomic E-state index is -1.51. The van der Waals surface area contributed by atoms with Gasteiger partial charge in [-0.2, -0.15) is 0 Å². The number of rotatable bonds is 1. The van der Waals surface area contributed by atoms with E-state index in [2.05, 4.69) is 0 Å². The highest BCUT2D eigenvalue weighted by Crippen LogP contribution is 2.29. The maximum absolute atomic E-state index is 9.31. The van der Waals surface area contributed by atoms with Crippen LogP contribution in [0.4, 0.5) is 0 Å². The Morgan fingerprint density at radius 3 is 2.59 bits per heavy atom. The molecule has 84 valence electrons.